The quantitative estimate of drug-likeness (QED) is 0.533. The third-order valence-electron chi connectivity index (χ3n) is 1.69. The molecule has 0 radical (unpaired) electrons. The standard InChI is InChI=1S/C9H16N2OS2/c1-3-4-5-6-14-9-11-10-8(12-9)7-13-2/h3-7H2,1-2H3. The molecule has 14 heavy (non-hydrogen) atoms. The first-order chi connectivity index (χ1) is 6.86. The van der Waals surface area contributed by atoms with Gasteiger partial charge in [0, 0.05) is 5.75 Å². The van der Waals surface area contributed by atoms with Gasteiger partial charge in [-0.05, 0) is 12.7 Å². The summed E-state index contributed by atoms with van der Waals surface area (Å²) in [7, 11) is 0. The predicted molar refractivity (Wildman–Crippen MR) is 61.8 cm³/mol. The van der Waals surface area contributed by atoms with Gasteiger partial charge in [0.1, 0.15) is 0 Å². The molecule has 1 rings (SSSR count). The van der Waals surface area contributed by atoms with E-state index in [0.29, 0.717) is 5.22 Å². The second kappa shape index (κ2) is 7.17. The van der Waals surface area contributed by atoms with Crippen LogP contribution in [0.3, 0.4) is 0 Å². The minimum absolute atomic E-state index is 0.713. The molecule has 0 unspecified atom stereocenters. The fourth-order valence-corrected chi connectivity index (χ4v) is 2.13. The van der Waals surface area contributed by atoms with E-state index in [9.17, 15) is 0 Å². The Morgan fingerprint density at radius 2 is 2.14 bits per heavy atom. The largest absolute Gasteiger partial charge is 0.415 e. The number of aromatic nitrogens is 2. The molecular weight excluding hydrogens is 216 g/mol. The molecule has 0 bridgehead atoms. The van der Waals surface area contributed by atoms with Gasteiger partial charge in [0.15, 0.2) is 0 Å². The van der Waals surface area contributed by atoms with Crippen LogP contribution >= 0.6 is 23.5 Å². The number of unbranched alkanes of at least 4 members (excludes halogenated alkanes) is 2. The second-order valence-electron chi connectivity index (χ2n) is 2.95. The van der Waals surface area contributed by atoms with Crippen LogP contribution in [0.5, 0.6) is 0 Å². The molecule has 1 aromatic heterocycles. The average Bonchev–Trinajstić information content (AvgIpc) is 2.61. The highest BCUT2D eigenvalue weighted by molar-refractivity contribution is 7.99. The molecule has 0 amide bonds. The van der Waals surface area contributed by atoms with E-state index >= 15 is 0 Å². The molecule has 0 aliphatic rings. The Labute approximate surface area is 93.4 Å². The summed E-state index contributed by atoms with van der Waals surface area (Å²) in [6.45, 7) is 2.20. The fraction of sp³-hybridized carbons (Fsp3) is 0.778. The van der Waals surface area contributed by atoms with Crippen LogP contribution in [-0.4, -0.2) is 22.2 Å². The normalized spacial score (nSPS) is 10.7. The maximum absolute atomic E-state index is 5.42. The van der Waals surface area contributed by atoms with Gasteiger partial charge in [-0.3, -0.25) is 0 Å². The molecule has 0 spiro atoms. The van der Waals surface area contributed by atoms with Crippen LogP contribution in [0.1, 0.15) is 32.1 Å². The third-order valence-corrected chi connectivity index (χ3v) is 3.13. The van der Waals surface area contributed by atoms with Crippen LogP contribution in [0.2, 0.25) is 0 Å². The summed E-state index contributed by atoms with van der Waals surface area (Å²) in [6.07, 6.45) is 5.78. The SMILES string of the molecule is CCCCCSc1nnc(CSC)o1. The molecule has 0 atom stereocenters. The van der Waals surface area contributed by atoms with Gasteiger partial charge in [0.05, 0.1) is 5.75 Å². The van der Waals surface area contributed by atoms with Crippen molar-refractivity contribution in [2.24, 2.45) is 0 Å². The molecule has 0 fully saturated rings. The Balaban J connectivity index is 2.22. The highest BCUT2D eigenvalue weighted by atomic mass is 32.2. The monoisotopic (exact) mass is 232 g/mol. The van der Waals surface area contributed by atoms with Gasteiger partial charge in [-0.2, -0.15) is 11.8 Å². The molecular formula is C9H16N2OS2. The lowest BCUT2D eigenvalue weighted by atomic mass is 10.3. The van der Waals surface area contributed by atoms with Crippen LogP contribution in [-0.2, 0) is 5.75 Å². The van der Waals surface area contributed by atoms with Crippen LogP contribution < -0.4 is 0 Å². The zero-order chi connectivity index (χ0) is 10.2. The van der Waals surface area contributed by atoms with Gasteiger partial charge < -0.3 is 4.42 Å². The van der Waals surface area contributed by atoms with Crippen molar-refractivity contribution in [2.45, 2.75) is 37.2 Å². The van der Waals surface area contributed by atoms with Crippen LogP contribution in [0.15, 0.2) is 9.64 Å². The number of nitrogens with zero attached hydrogens (tertiary/aromatic N) is 2. The molecule has 0 aliphatic carbocycles. The molecule has 1 heterocycles. The molecule has 0 aromatic carbocycles. The molecule has 1 aromatic rings. The zero-order valence-corrected chi connectivity index (χ0v) is 10.3. The van der Waals surface area contributed by atoms with Crippen molar-refractivity contribution in [3.05, 3.63) is 5.89 Å². The molecule has 0 saturated heterocycles. The maximum atomic E-state index is 5.42. The summed E-state index contributed by atoms with van der Waals surface area (Å²) in [6, 6.07) is 0. The first-order valence-corrected chi connectivity index (χ1v) is 7.19. The zero-order valence-electron chi connectivity index (χ0n) is 8.65. The molecule has 0 N–H and O–H groups in total. The first-order valence-electron chi connectivity index (χ1n) is 4.81. The van der Waals surface area contributed by atoms with Gasteiger partial charge in [0.2, 0.25) is 5.89 Å². The van der Waals surface area contributed by atoms with Crippen LogP contribution in [0, 0.1) is 0 Å². The molecule has 5 heteroatoms. The van der Waals surface area contributed by atoms with Gasteiger partial charge in [-0.25, -0.2) is 0 Å². The van der Waals surface area contributed by atoms with Crippen molar-refractivity contribution in [3.63, 3.8) is 0 Å². The summed E-state index contributed by atoms with van der Waals surface area (Å²) in [4.78, 5) is 0. The Morgan fingerprint density at radius 3 is 2.86 bits per heavy atom. The molecule has 80 valence electrons. The highest BCUT2D eigenvalue weighted by Crippen LogP contribution is 2.19. The van der Waals surface area contributed by atoms with E-state index in [2.05, 4.69) is 17.1 Å². The van der Waals surface area contributed by atoms with Crippen molar-refractivity contribution < 1.29 is 4.42 Å². The van der Waals surface area contributed by atoms with Crippen molar-refractivity contribution in [3.8, 4) is 0 Å². The number of rotatable bonds is 7. The number of hydrogen-bond donors (Lipinski definition) is 0. The lowest BCUT2D eigenvalue weighted by Gasteiger charge is -1.94. The Morgan fingerprint density at radius 1 is 1.29 bits per heavy atom. The summed E-state index contributed by atoms with van der Waals surface area (Å²) in [5.74, 6) is 2.62. The van der Waals surface area contributed by atoms with Crippen LogP contribution in [0.25, 0.3) is 0 Å². The minimum Gasteiger partial charge on any atom is -0.415 e. The van der Waals surface area contributed by atoms with E-state index in [1.165, 1.54) is 19.3 Å². The predicted octanol–water partition coefficient (Wildman–Crippen LogP) is 3.21. The fourth-order valence-electron chi connectivity index (χ4n) is 0.990. The van der Waals surface area contributed by atoms with E-state index in [0.717, 1.165) is 17.4 Å². The Kier molecular flexibility index (Phi) is 6.10. The average molecular weight is 232 g/mol. The lowest BCUT2D eigenvalue weighted by molar-refractivity contribution is 0.426. The molecule has 0 saturated carbocycles. The topological polar surface area (TPSA) is 38.9 Å². The first kappa shape index (κ1) is 11.9. The molecule has 3 nitrogen and oxygen atoms in total. The van der Waals surface area contributed by atoms with Crippen molar-refractivity contribution in [2.75, 3.05) is 12.0 Å². The number of thioether (sulfide) groups is 2. The summed E-state index contributed by atoms with van der Waals surface area (Å²) in [5, 5.41) is 8.62. The smallest absolute Gasteiger partial charge is 0.276 e. The Hall–Kier alpha value is -0.160. The summed E-state index contributed by atoms with van der Waals surface area (Å²) < 4.78 is 5.42. The minimum atomic E-state index is 0.713. The van der Waals surface area contributed by atoms with Gasteiger partial charge in [-0.1, -0.05) is 31.5 Å². The van der Waals surface area contributed by atoms with Gasteiger partial charge in [0.25, 0.3) is 5.22 Å². The summed E-state index contributed by atoms with van der Waals surface area (Å²) >= 11 is 3.35. The molecule has 0 aliphatic heterocycles. The van der Waals surface area contributed by atoms with E-state index < -0.39 is 0 Å². The van der Waals surface area contributed by atoms with Crippen molar-refractivity contribution in [1.82, 2.24) is 10.2 Å². The van der Waals surface area contributed by atoms with Crippen molar-refractivity contribution >= 4 is 23.5 Å². The number of hydrogen-bond acceptors (Lipinski definition) is 5. The van der Waals surface area contributed by atoms with E-state index in [1.807, 2.05) is 6.26 Å². The van der Waals surface area contributed by atoms with Crippen LogP contribution in [0.4, 0.5) is 0 Å². The lowest BCUT2D eigenvalue weighted by Crippen LogP contribution is -1.79. The summed E-state index contributed by atoms with van der Waals surface area (Å²) in [5.41, 5.74) is 0. The maximum Gasteiger partial charge on any atom is 0.276 e. The third kappa shape index (κ3) is 4.37. The van der Waals surface area contributed by atoms with E-state index in [-0.39, 0.29) is 0 Å². The second-order valence-corrected chi connectivity index (χ2v) is 4.86. The van der Waals surface area contributed by atoms with E-state index in [1.54, 1.807) is 23.5 Å². The van der Waals surface area contributed by atoms with Gasteiger partial charge in [-0.15, -0.1) is 10.2 Å². The van der Waals surface area contributed by atoms with E-state index in [4.69, 9.17) is 4.42 Å². The Bertz CT molecular complexity index is 253. The van der Waals surface area contributed by atoms with Gasteiger partial charge >= 0.3 is 0 Å². The highest BCUT2D eigenvalue weighted by Gasteiger charge is 2.04. The van der Waals surface area contributed by atoms with Crippen molar-refractivity contribution in [1.29, 1.82) is 0 Å².